The number of hydrogen-bond acceptors (Lipinski definition) is 5. The van der Waals surface area contributed by atoms with Crippen LogP contribution in [0.15, 0.2) is 28.9 Å². The highest BCUT2D eigenvalue weighted by Crippen LogP contribution is 2.42. The van der Waals surface area contributed by atoms with Crippen LogP contribution in [0.5, 0.6) is 0 Å². The van der Waals surface area contributed by atoms with Crippen LogP contribution in [-0.2, 0) is 24.1 Å². The number of rotatable bonds is 6. The maximum absolute atomic E-state index is 14.4. The summed E-state index contributed by atoms with van der Waals surface area (Å²) in [5.74, 6) is -0.985. The summed E-state index contributed by atoms with van der Waals surface area (Å²) in [6.07, 6.45) is -4.91. The van der Waals surface area contributed by atoms with Crippen molar-refractivity contribution in [1.29, 1.82) is 0 Å². The second-order valence-electron chi connectivity index (χ2n) is 6.30. The minimum atomic E-state index is -4.80. The second-order valence-corrected chi connectivity index (χ2v) is 6.71. The van der Waals surface area contributed by atoms with Gasteiger partial charge in [-0.2, -0.15) is 18.3 Å². The van der Waals surface area contributed by atoms with E-state index in [-0.39, 0.29) is 40.8 Å². The van der Waals surface area contributed by atoms with Crippen molar-refractivity contribution in [3.8, 4) is 22.6 Å². The zero-order valence-electron chi connectivity index (χ0n) is 15.3. The number of ether oxygens (including phenoxy) is 1. The van der Waals surface area contributed by atoms with Crippen molar-refractivity contribution in [1.82, 2.24) is 14.9 Å². The molecule has 1 aromatic carbocycles. The van der Waals surface area contributed by atoms with Gasteiger partial charge >= 0.3 is 6.18 Å². The molecule has 0 aliphatic carbocycles. The average Bonchev–Trinajstić information content (AvgIpc) is 3.19. The molecule has 0 saturated heterocycles. The highest BCUT2D eigenvalue weighted by atomic mass is 35.5. The Hall–Kier alpha value is -2.43. The molecule has 3 aromatic rings. The van der Waals surface area contributed by atoms with E-state index in [1.165, 1.54) is 26.2 Å². The number of aliphatic hydroxyl groups excluding tert-OH is 1. The largest absolute Gasteiger partial charge is 0.433 e. The lowest BCUT2D eigenvalue weighted by Gasteiger charge is -2.13. The molecule has 11 heteroatoms. The summed E-state index contributed by atoms with van der Waals surface area (Å²) in [5.41, 5.74) is -1.63. The standard InChI is InChI=1S/C18H16ClF4N3O3/c1-9(27)7-26-17(18(21,22)23)10(6-24-26)16-11(8-28-2)15(25-29-16)14-12(19)4-3-5-13(14)20/h3-6,9,27H,7-8H2,1-2H3/t9-/m0/s1. The van der Waals surface area contributed by atoms with Crippen LogP contribution in [0.1, 0.15) is 18.2 Å². The topological polar surface area (TPSA) is 73.3 Å². The molecule has 0 spiro atoms. The van der Waals surface area contributed by atoms with Crippen LogP contribution in [0.25, 0.3) is 22.6 Å². The highest BCUT2D eigenvalue weighted by molar-refractivity contribution is 6.33. The number of aliphatic hydroxyl groups is 1. The van der Waals surface area contributed by atoms with E-state index in [0.717, 1.165) is 12.3 Å². The van der Waals surface area contributed by atoms with Crippen LogP contribution in [0.2, 0.25) is 5.02 Å². The van der Waals surface area contributed by atoms with Crippen LogP contribution >= 0.6 is 11.6 Å². The van der Waals surface area contributed by atoms with Gasteiger partial charge < -0.3 is 14.4 Å². The number of nitrogens with zero attached hydrogens (tertiary/aromatic N) is 3. The van der Waals surface area contributed by atoms with E-state index in [4.69, 9.17) is 20.9 Å². The van der Waals surface area contributed by atoms with E-state index in [9.17, 15) is 22.7 Å². The van der Waals surface area contributed by atoms with Crippen LogP contribution in [0, 0.1) is 5.82 Å². The number of benzene rings is 1. The van der Waals surface area contributed by atoms with Crippen molar-refractivity contribution >= 4 is 11.6 Å². The molecule has 6 nitrogen and oxygen atoms in total. The number of alkyl halides is 3. The van der Waals surface area contributed by atoms with E-state index in [1.807, 2.05) is 0 Å². The van der Waals surface area contributed by atoms with Crippen LogP contribution < -0.4 is 0 Å². The summed E-state index contributed by atoms with van der Waals surface area (Å²) < 4.78 is 66.5. The molecule has 0 radical (unpaired) electrons. The second kappa shape index (κ2) is 8.13. The van der Waals surface area contributed by atoms with Gasteiger partial charge in [-0.1, -0.05) is 22.8 Å². The lowest BCUT2D eigenvalue weighted by Crippen LogP contribution is -2.20. The third-order valence-electron chi connectivity index (χ3n) is 4.07. The van der Waals surface area contributed by atoms with E-state index in [1.54, 1.807) is 0 Å². The SMILES string of the molecule is COCc1c(-c2c(F)cccc2Cl)noc1-c1cnn(C[C@H](C)O)c1C(F)(F)F. The monoisotopic (exact) mass is 433 g/mol. The molecule has 0 saturated carbocycles. The van der Waals surface area contributed by atoms with Crippen LogP contribution in [0.4, 0.5) is 17.6 Å². The number of aromatic nitrogens is 3. The molecule has 1 atom stereocenters. The maximum atomic E-state index is 14.4. The lowest BCUT2D eigenvalue weighted by molar-refractivity contribution is -0.144. The molecular formula is C18H16ClF4N3O3. The quantitative estimate of drug-likeness (QED) is 0.578. The van der Waals surface area contributed by atoms with E-state index >= 15 is 0 Å². The van der Waals surface area contributed by atoms with Gasteiger partial charge in [0.05, 0.1) is 47.2 Å². The normalized spacial score (nSPS) is 13.1. The van der Waals surface area contributed by atoms with Gasteiger partial charge in [0, 0.05) is 7.11 Å². The summed E-state index contributed by atoms with van der Waals surface area (Å²) in [4.78, 5) is 0. The summed E-state index contributed by atoms with van der Waals surface area (Å²) >= 11 is 6.07. The third kappa shape index (κ3) is 4.14. The van der Waals surface area contributed by atoms with E-state index in [2.05, 4.69) is 10.3 Å². The molecule has 0 aliphatic rings. The molecule has 29 heavy (non-hydrogen) atoms. The number of hydrogen-bond donors (Lipinski definition) is 1. The Morgan fingerprint density at radius 3 is 2.66 bits per heavy atom. The predicted octanol–water partition coefficient (Wildman–Crippen LogP) is 4.54. The van der Waals surface area contributed by atoms with Crippen molar-refractivity contribution in [3.05, 3.63) is 46.5 Å². The fraction of sp³-hybridized carbons (Fsp3) is 0.333. The predicted molar refractivity (Wildman–Crippen MR) is 95.5 cm³/mol. The van der Waals surface area contributed by atoms with Crippen molar-refractivity contribution in [2.45, 2.75) is 32.4 Å². The first-order chi connectivity index (χ1) is 13.6. The zero-order valence-corrected chi connectivity index (χ0v) is 16.1. The minimum Gasteiger partial charge on any atom is -0.391 e. The molecule has 0 fully saturated rings. The smallest absolute Gasteiger partial charge is 0.391 e. The molecule has 0 amide bonds. The van der Waals surface area contributed by atoms with E-state index in [0.29, 0.717) is 4.68 Å². The molecule has 1 N–H and O–H groups in total. The molecule has 3 rings (SSSR count). The fourth-order valence-electron chi connectivity index (χ4n) is 2.96. The molecule has 2 aromatic heterocycles. The van der Waals surface area contributed by atoms with Gasteiger partial charge in [0.15, 0.2) is 11.5 Å². The van der Waals surface area contributed by atoms with Crippen molar-refractivity contribution in [2.24, 2.45) is 0 Å². The van der Waals surface area contributed by atoms with Gasteiger partial charge in [0.1, 0.15) is 11.5 Å². The first-order valence-corrected chi connectivity index (χ1v) is 8.76. The summed E-state index contributed by atoms with van der Waals surface area (Å²) in [6.45, 7) is 0.747. The highest BCUT2D eigenvalue weighted by Gasteiger charge is 2.41. The third-order valence-corrected chi connectivity index (χ3v) is 4.38. The Labute approximate surface area is 167 Å². The van der Waals surface area contributed by atoms with Gasteiger partial charge in [-0.25, -0.2) is 4.39 Å². The minimum absolute atomic E-state index is 0.0167. The number of halogens is 5. The van der Waals surface area contributed by atoms with Crippen molar-refractivity contribution in [3.63, 3.8) is 0 Å². The molecule has 2 heterocycles. The summed E-state index contributed by atoms with van der Waals surface area (Å²) in [5, 5.41) is 17.0. The fourth-order valence-corrected chi connectivity index (χ4v) is 3.21. The van der Waals surface area contributed by atoms with Gasteiger partial charge in [-0.15, -0.1) is 0 Å². The van der Waals surface area contributed by atoms with Gasteiger partial charge in [-0.05, 0) is 19.1 Å². The van der Waals surface area contributed by atoms with Crippen LogP contribution in [0.3, 0.4) is 0 Å². The molecule has 0 unspecified atom stereocenters. The Morgan fingerprint density at radius 1 is 1.34 bits per heavy atom. The van der Waals surface area contributed by atoms with Gasteiger partial charge in [0.25, 0.3) is 0 Å². The first kappa shape index (κ1) is 21.3. The molecular weight excluding hydrogens is 418 g/mol. The average molecular weight is 434 g/mol. The molecule has 0 aliphatic heterocycles. The Bertz CT molecular complexity index is 994. The summed E-state index contributed by atoms with van der Waals surface area (Å²) in [7, 11) is 1.32. The molecule has 156 valence electrons. The van der Waals surface area contributed by atoms with Crippen molar-refractivity contribution < 1.29 is 31.9 Å². The first-order valence-electron chi connectivity index (χ1n) is 8.38. The number of methoxy groups -OCH3 is 1. The van der Waals surface area contributed by atoms with Gasteiger partial charge in [-0.3, -0.25) is 4.68 Å². The van der Waals surface area contributed by atoms with Gasteiger partial charge in [0.2, 0.25) is 0 Å². The summed E-state index contributed by atoms with van der Waals surface area (Å²) in [6, 6.07) is 3.96. The zero-order chi connectivity index (χ0) is 21.3. The van der Waals surface area contributed by atoms with Crippen molar-refractivity contribution in [2.75, 3.05) is 7.11 Å². The lowest BCUT2D eigenvalue weighted by atomic mass is 10.0. The van der Waals surface area contributed by atoms with E-state index < -0.39 is 29.4 Å². The molecule has 0 bridgehead atoms. The Balaban J connectivity index is 2.23. The Kier molecular flexibility index (Phi) is 5.97. The maximum Gasteiger partial charge on any atom is 0.433 e. The van der Waals surface area contributed by atoms with Crippen LogP contribution in [-0.4, -0.2) is 33.3 Å². The Morgan fingerprint density at radius 2 is 2.07 bits per heavy atom.